The van der Waals surface area contributed by atoms with Crippen LogP contribution in [0.3, 0.4) is 0 Å². The summed E-state index contributed by atoms with van der Waals surface area (Å²) in [6, 6.07) is 7.62. The van der Waals surface area contributed by atoms with E-state index in [1.54, 1.807) is 4.90 Å². The molecule has 0 radical (unpaired) electrons. The van der Waals surface area contributed by atoms with Crippen LogP contribution in [0.1, 0.15) is 25.3 Å². The van der Waals surface area contributed by atoms with E-state index in [9.17, 15) is 9.59 Å². The van der Waals surface area contributed by atoms with Crippen molar-refractivity contribution in [2.45, 2.75) is 32.4 Å². The molecule has 1 fully saturated rings. The number of amides is 2. The van der Waals surface area contributed by atoms with Gasteiger partial charge in [-0.05, 0) is 24.5 Å². The average molecular weight is 288 g/mol. The molecule has 3 rings (SSSR count). The summed E-state index contributed by atoms with van der Waals surface area (Å²) in [6.45, 7) is 3.24. The summed E-state index contributed by atoms with van der Waals surface area (Å²) in [5.41, 5.74) is 1.77. The van der Waals surface area contributed by atoms with Crippen molar-refractivity contribution in [1.82, 2.24) is 4.90 Å². The SMILES string of the molecule is CCC1OCCC1C(=O)N1CC(=O)Nc2ccccc2C1. The third-order valence-electron chi connectivity index (χ3n) is 4.23. The van der Waals surface area contributed by atoms with Crippen LogP contribution in [0, 0.1) is 5.92 Å². The topological polar surface area (TPSA) is 58.6 Å². The first-order chi connectivity index (χ1) is 10.2. The molecule has 1 N–H and O–H groups in total. The van der Waals surface area contributed by atoms with E-state index in [2.05, 4.69) is 5.32 Å². The summed E-state index contributed by atoms with van der Waals surface area (Å²) in [4.78, 5) is 26.4. The molecule has 2 heterocycles. The van der Waals surface area contributed by atoms with E-state index in [0.29, 0.717) is 13.2 Å². The molecule has 1 saturated heterocycles. The second kappa shape index (κ2) is 5.85. The van der Waals surface area contributed by atoms with Crippen molar-refractivity contribution in [2.24, 2.45) is 5.92 Å². The molecule has 1 aromatic rings. The lowest BCUT2D eigenvalue weighted by Crippen LogP contribution is -2.41. The minimum absolute atomic E-state index is 0.0148. The molecule has 21 heavy (non-hydrogen) atoms. The summed E-state index contributed by atoms with van der Waals surface area (Å²) >= 11 is 0. The van der Waals surface area contributed by atoms with Gasteiger partial charge in [0.25, 0.3) is 0 Å². The number of para-hydroxylation sites is 1. The Kier molecular flexibility index (Phi) is 3.92. The highest BCUT2D eigenvalue weighted by atomic mass is 16.5. The van der Waals surface area contributed by atoms with E-state index in [0.717, 1.165) is 24.1 Å². The van der Waals surface area contributed by atoms with Gasteiger partial charge in [-0.3, -0.25) is 9.59 Å². The molecular formula is C16H20N2O3. The highest BCUT2D eigenvalue weighted by Gasteiger charge is 2.36. The summed E-state index contributed by atoms with van der Waals surface area (Å²) in [5.74, 6) is -0.223. The summed E-state index contributed by atoms with van der Waals surface area (Å²) in [6.07, 6.45) is 1.56. The van der Waals surface area contributed by atoms with Gasteiger partial charge in [0.1, 0.15) is 6.54 Å². The zero-order valence-electron chi connectivity index (χ0n) is 12.2. The fourth-order valence-corrected chi connectivity index (χ4v) is 3.13. The predicted octanol–water partition coefficient (Wildman–Crippen LogP) is 1.78. The third-order valence-corrected chi connectivity index (χ3v) is 4.23. The highest BCUT2D eigenvalue weighted by Crippen LogP contribution is 2.28. The van der Waals surface area contributed by atoms with Crippen molar-refractivity contribution in [3.8, 4) is 0 Å². The van der Waals surface area contributed by atoms with Crippen molar-refractivity contribution in [1.29, 1.82) is 0 Å². The number of nitrogens with zero attached hydrogens (tertiary/aromatic N) is 1. The van der Waals surface area contributed by atoms with E-state index in [4.69, 9.17) is 4.74 Å². The normalized spacial score (nSPS) is 25.2. The second-order valence-corrected chi connectivity index (χ2v) is 5.61. The molecule has 0 bridgehead atoms. The number of anilines is 1. The Hall–Kier alpha value is -1.88. The maximum Gasteiger partial charge on any atom is 0.244 e. The van der Waals surface area contributed by atoms with Crippen molar-refractivity contribution in [2.75, 3.05) is 18.5 Å². The molecule has 5 heteroatoms. The molecule has 5 nitrogen and oxygen atoms in total. The largest absolute Gasteiger partial charge is 0.377 e. The predicted molar refractivity (Wildman–Crippen MR) is 78.6 cm³/mol. The number of nitrogens with one attached hydrogen (secondary N) is 1. The number of ether oxygens (including phenoxy) is 1. The van der Waals surface area contributed by atoms with Crippen LogP contribution in [0.25, 0.3) is 0 Å². The Bertz CT molecular complexity index is 558. The lowest BCUT2D eigenvalue weighted by molar-refractivity contribution is -0.140. The fraction of sp³-hybridized carbons (Fsp3) is 0.500. The number of hydrogen-bond acceptors (Lipinski definition) is 3. The van der Waals surface area contributed by atoms with Crippen molar-refractivity contribution in [3.63, 3.8) is 0 Å². The van der Waals surface area contributed by atoms with Crippen LogP contribution in [0.4, 0.5) is 5.69 Å². The van der Waals surface area contributed by atoms with E-state index >= 15 is 0 Å². The molecule has 2 atom stereocenters. The number of fused-ring (bicyclic) bond motifs is 1. The zero-order valence-corrected chi connectivity index (χ0v) is 12.2. The Morgan fingerprint density at radius 3 is 3.00 bits per heavy atom. The number of hydrogen-bond donors (Lipinski definition) is 1. The molecule has 0 aromatic heterocycles. The van der Waals surface area contributed by atoms with Gasteiger partial charge in [-0.25, -0.2) is 0 Å². The van der Waals surface area contributed by atoms with Gasteiger partial charge in [-0.2, -0.15) is 0 Å². The zero-order chi connectivity index (χ0) is 14.8. The van der Waals surface area contributed by atoms with Crippen LogP contribution in [0.2, 0.25) is 0 Å². The molecule has 1 aromatic carbocycles. The van der Waals surface area contributed by atoms with Crippen LogP contribution in [0.15, 0.2) is 24.3 Å². The Morgan fingerprint density at radius 1 is 1.38 bits per heavy atom. The third kappa shape index (κ3) is 2.78. The monoisotopic (exact) mass is 288 g/mol. The van der Waals surface area contributed by atoms with Crippen LogP contribution in [-0.4, -0.2) is 36.0 Å². The first-order valence-electron chi connectivity index (χ1n) is 7.47. The number of carbonyl (C=O) groups excluding carboxylic acids is 2. The van der Waals surface area contributed by atoms with Crippen LogP contribution < -0.4 is 5.32 Å². The number of carbonyl (C=O) groups is 2. The van der Waals surface area contributed by atoms with Gasteiger partial charge >= 0.3 is 0 Å². The minimum Gasteiger partial charge on any atom is -0.377 e. The standard InChI is InChI=1S/C16H20N2O3/c1-2-14-12(7-8-21-14)16(20)18-9-11-5-3-4-6-13(11)17-15(19)10-18/h3-6,12,14H,2,7-10H2,1H3,(H,17,19). The van der Waals surface area contributed by atoms with Crippen LogP contribution in [0.5, 0.6) is 0 Å². The molecule has 2 aliphatic rings. The quantitative estimate of drug-likeness (QED) is 0.902. The fourth-order valence-electron chi connectivity index (χ4n) is 3.13. The molecule has 2 unspecified atom stereocenters. The molecule has 112 valence electrons. The average Bonchev–Trinajstić information content (AvgIpc) is 2.89. The van der Waals surface area contributed by atoms with Gasteiger partial charge in [0, 0.05) is 18.8 Å². The smallest absolute Gasteiger partial charge is 0.244 e. The van der Waals surface area contributed by atoms with E-state index in [-0.39, 0.29) is 30.4 Å². The lowest BCUT2D eigenvalue weighted by Gasteiger charge is -2.25. The van der Waals surface area contributed by atoms with Crippen molar-refractivity contribution >= 4 is 17.5 Å². The maximum absolute atomic E-state index is 12.7. The molecule has 2 aliphatic heterocycles. The minimum atomic E-state index is -0.139. The van der Waals surface area contributed by atoms with E-state index in [1.165, 1.54) is 0 Å². The van der Waals surface area contributed by atoms with Crippen LogP contribution >= 0.6 is 0 Å². The van der Waals surface area contributed by atoms with Crippen LogP contribution in [-0.2, 0) is 20.9 Å². The number of benzene rings is 1. The molecule has 0 spiro atoms. The van der Waals surface area contributed by atoms with E-state index < -0.39 is 0 Å². The lowest BCUT2D eigenvalue weighted by atomic mass is 9.97. The molecule has 0 aliphatic carbocycles. The Balaban J connectivity index is 1.82. The first-order valence-corrected chi connectivity index (χ1v) is 7.47. The summed E-state index contributed by atoms with van der Waals surface area (Å²) in [5, 5.41) is 2.86. The van der Waals surface area contributed by atoms with Gasteiger partial charge in [0.05, 0.1) is 12.0 Å². The highest BCUT2D eigenvalue weighted by molar-refractivity contribution is 5.96. The second-order valence-electron chi connectivity index (χ2n) is 5.61. The molecular weight excluding hydrogens is 268 g/mol. The molecule has 2 amide bonds. The Morgan fingerprint density at radius 2 is 2.19 bits per heavy atom. The number of rotatable bonds is 2. The summed E-state index contributed by atoms with van der Waals surface area (Å²) in [7, 11) is 0. The van der Waals surface area contributed by atoms with Gasteiger partial charge < -0.3 is 15.0 Å². The maximum atomic E-state index is 12.7. The van der Waals surface area contributed by atoms with Gasteiger partial charge in [-0.1, -0.05) is 25.1 Å². The van der Waals surface area contributed by atoms with Gasteiger partial charge in [0.15, 0.2) is 0 Å². The van der Waals surface area contributed by atoms with E-state index in [1.807, 2.05) is 31.2 Å². The van der Waals surface area contributed by atoms with Gasteiger partial charge in [-0.15, -0.1) is 0 Å². The van der Waals surface area contributed by atoms with Gasteiger partial charge in [0.2, 0.25) is 11.8 Å². The Labute approximate surface area is 124 Å². The summed E-state index contributed by atoms with van der Waals surface area (Å²) < 4.78 is 5.61. The first kappa shape index (κ1) is 14.1. The van der Waals surface area contributed by atoms with Crippen molar-refractivity contribution in [3.05, 3.63) is 29.8 Å². The van der Waals surface area contributed by atoms with Crippen molar-refractivity contribution < 1.29 is 14.3 Å². The molecule has 0 saturated carbocycles.